The first-order chi connectivity index (χ1) is 8.50. The number of hydrogen-bond acceptors (Lipinski definition) is 4. The molecule has 5 heteroatoms. The normalized spacial score (nSPS) is 21.6. The van der Waals surface area contributed by atoms with Crippen molar-refractivity contribution in [3.8, 4) is 0 Å². The van der Waals surface area contributed by atoms with Gasteiger partial charge in [-0.2, -0.15) is 0 Å². The zero-order chi connectivity index (χ0) is 12.6. The van der Waals surface area contributed by atoms with Crippen LogP contribution in [0.2, 0.25) is 0 Å². The van der Waals surface area contributed by atoms with Crippen LogP contribution in [0, 0.1) is 0 Å². The Morgan fingerprint density at radius 2 is 0.647 bits per heavy atom. The fraction of sp³-hybridized carbons (Fsp3) is 1.00. The summed E-state index contributed by atoms with van der Waals surface area (Å²) in [6.45, 7) is 7.50. The van der Waals surface area contributed by atoms with Crippen molar-refractivity contribution in [2.24, 2.45) is 0 Å². The summed E-state index contributed by atoms with van der Waals surface area (Å²) in [4.78, 5) is 0. The minimum absolute atomic E-state index is 0.611. The largest absolute Gasteiger partial charge is 0.333 e. The average molecular weight is 263 g/mol. The summed E-state index contributed by atoms with van der Waals surface area (Å²) in [5, 5.41) is 9.67. The lowest BCUT2D eigenvalue weighted by Gasteiger charge is -1.76. The maximum atomic E-state index is 8.28. The van der Waals surface area contributed by atoms with E-state index in [2.05, 4.69) is 16.0 Å². The Labute approximate surface area is 108 Å². The molecule has 0 aromatic rings. The predicted molar refractivity (Wildman–Crippen MR) is 78.1 cm³/mol. The van der Waals surface area contributed by atoms with Gasteiger partial charge in [-0.3, -0.25) is 0 Å². The van der Waals surface area contributed by atoms with Crippen LogP contribution in [0.5, 0.6) is 0 Å². The molecule has 0 saturated carbocycles. The molecule has 17 heavy (non-hydrogen) atoms. The van der Waals surface area contributed by atoms with Gasteiger partial charge in [0, 0.05) is 0 Å². The van der Waals surface area contributed by atoms with Crippen LogP contribution in [-0.2, 0) is 4.57 Å². The molecule has 104 valence electrons. The summed E-state index contributed by atoms with van der Waals surface area (Å²) in [6, 6.07) is 0. The summed E-state index contributed by atoms with van der Waals surface area (Å²) < 4.78 is 8.28. The summed E-state index contributed by atoms with van der Waals surface area (Å²) in [5.41, 5.74) is 0. The van der Waals surface area contributed by atoms with Gasteiger partial charge in [0.15, 0.2) is 0 Å². The molecule has 0 bridgehead atoms. The van der Waals surface area contributed by atoms with Crippen LogP contribution >= 0.6 is 9.12 Å². The van der Waals surface area contributed by atoms with E-state index in [1.54, 1.807) is 0 Å². The molecule has 3 fully saturated rings. The Hall–Kier alpha value is 0.110. The quantitative estimate of drug-likeness (QED) is 0.572. The lowest BCUT2D eigenvalue weighted by Crippen LogP contribution is -2.03. The minimum atomic E-state index is 0.611. The Morgan fingerprint density at radius 3 is 0.706 bits per heavy atom. The molecule has 3 rings (SSSR count). The van der Waals surface area contributed by atoms with Gasteiger partial charge in [0.25, 0.3) is 0 Å². The summed E-state index contributed by atoms with van der Waals surface area (Å²) in [5.74, 6) is 0. The second kappa shape index (κ2) is 16.1. The van der Waals surface area contributed by atoms with Gasteiger partial charge in [0.1, 0.15) is 0 Å². The molecule has 0 radical (unpaired) electrons. The van der Waals surface area contributed by atoms with E-state index in [4.69, 9.17) is 4.57 Å². The maximum Gasteiger partial charge on any atom is 0.0527 e. The third kappa shape index (κ3) is 14.0. The zero-order valence-corrected chi connectivity index (χ0v) is 12.5. The highest BCUT2D eigenvalue weighted by Crippen LogP contribution is 1.91. The molecule has 0 spiro atoms. The lowest BCUT2D eigenvalue weighted by atomic mass is 10.4. The second-order valence-corrected chi connectivity index (χ2v) is 4.37. The predicted octanol–water partition coefficient (Wildman–Crippen LogP) is 1.05. The van der Waals surface area contributed by atoms with Crippen LogP contribution in [-0.4, -0.2) is 39.3 Å². The molecule has 3 N–H and O–H groups in total. The molecule has 1 unspecified atom stereocenters. The van der Waals surface area contributed by atoms with E-state index < -0.39 is 0 Å². The minimum Gasteiger partial charge on any atom is -0.333 e. The fourth-order valence-electron chi connectivity index (χ4n) is 1.87. The number of rotatable bonds is 0. The van der Waals surface area contributed by atoms with Gasteiger partial charge in [-0.1, -0.05) is 0 Å². The van der Waals surface area contributed by atoms with Crippen LogP contribution in [0.25, 0.3) is 0 Å². The Bertz CT molecular complexity index is 91.1. The Balaban J connectivity index is 0.000000211. The van der Waals surface area contributed by atoms with Crippen molar-refractivity contribution in [2.45, 2.75) is 38.5 Å². The van der Waals surface area contributed by atoms with Crippen LogP contribution in [0.15, 0.2) is 0 Å². The SMILES string of the molecule is C1CCNC1.C1CCNC1.C1CCNC1.O=[PH3]. The molecule has 0 aromatic carbocycles. The van der Waals surface area contributed by atoms with Crippen molar-refractivity contribution in [3.63, 3.8) is 0 Å². The van der Waals surface area contributed by atoms with Crippen LogP contribution in [0.1, 0.15) is 38.5 Å². The summed E-state index contributed by atoms with van der Waals surface area (Å²) >= 11 is 0. The molecule has 0 aliphatic carbocycles. The van der Waals surface area contributed by atoms with Crippen molar-refractivity contribution in [3.05, 3.63) is 0 Å². The highest BCUT2D eigenvalue weighted by molar-refractivity contribution is 7.00. The lowest BCUT2D eigenvalue weighted by molar-refractivity contribution is 0.607. The topological polar surface area (TPSA) is 53.2 Å². The first-order valence-corrected chi connectivity index (χ1v) is 7.49. The smallest absolute Gasteiger partial charge is 0.0527 e. The van der Waals surface area contributed by atoms with Gasteiger partial charge < -0.3 is 20.5 Å². The van der Waals surface area contributed by atoms with Crippen LogP contribution < -0.4 is 16.0 Å². The van der Waals surface area contributed by atoms with Gasteiger partial charge >= 0.3 is 0 Å². The third-order valence-electron chi connectivity index (χ3n) is 2.87. The molecule has 3 aliphatic rings. The molecule has 1 atom stereocenters. The highest BCUT2D eigenvalue weighted by Gasteiger charge is 1.94. The molecule has 4 nitrogen and oxygen atoms in total. The van der Waals surface area contributed by atoms with Crippen molar-refractivity contribution >= 4 is 9.12 Å². The molecule has 0 amide bonds. The van der Waals surface area contributed by atoms with E-state index in [0.29, 0.717) is 9.12 Å². The summed E-state index contributed by atoms with van der Waals surface area (Å²) in [6.07, 6.45) is 8.33. The van der Waals surface area contributed by atoms with E-state index in [1.165, 1.54) is 77.8 Å². The standard InChI is InChI=1S/3C4H9N.H3OP/c3*1-2-4-5-3-1;1-2/h3*5H,1-4H2;2H3. The van der Waals surface area contributed by atoms with Crippen molar-refractivity contribution in [1.29, 1.82) is 0 Å². The number of nitrogens with one attached hydrogen (secondary N) is 3. The molecule has 3 saturated heterocycles. The van der Waals surface area contributed by atoms with E-state index in [0.717, 1.165) is 0 Å². The van der Waals surface area contributed by atoms with Crippen molar-refractivity contribution in [1.82, 2.24) is 16.0 Å². The van der Waals surface area contributed by atoms with Crippen molar-refractivity contribution < 1.29 is 4.57 Å². The van der Waals surface area contributed by atoms with Gasteiger partial charge in [0.2, 0.25) is 0 Å². The van der Waals surface area contributed by atoms with Gasteiger partial charge in [0.05, 0.1) is 9.12 Å². The third-order valence-corrected chi connectivity index (χ3v) is 2.87. The zero-order valence-electron chi connectivity index (χ0n) is 11.1. The highest BCUT2D eigenvalue weighted by atomic mass is 31.0. The Kier molecular flexibility index (Phi) is 16.2. The summed E-state index contributed by atoms with van der Waals surface area (Å²) in [7, 11) is 0.611. The maximum absolute atomic E-state index is 8.28. The molecular weight excluding hydrogens is 233 g/mol. The van der Waals surface area contributed by atoms with Gasteiger partial charge in [-0.25, -0.2) is 0 Å². The Morgan fingerprint density at radius 1 is 0.471 bits per heavy atom. The number of hydrogen-bond donors (Lipinski definition) is 3. The fourth-order valence-corrected chi connectivity index (χ4v) is 1.87. The molecule has 3 aliphatic heterocycles. The van der Waals surface area contributed by atoms with E-state index >= 15 is 0 Å². The molecule has 3 heterocycles. The molecular formula is C12H30N3OP. The van der Waals surface area contributed by atoms with Gasteiger partial charge in [-0.15, -0.1) is 0 Å². The van der Waals surface area contributed by atoms with Gasteiger partial charge in [-0.05, 0) is 77.8 Å². The van der Waals surface area contributed by atoms with Crippen LogP contribution in [0.3, 0.4) is 0 Å². The monoisotopic (exact) mass is 263 g/mol. The van der Waals surface area contributed by atoms with Crippen molar-refractivity contribution in [2.75, 3.05) is 39.3 Å². The van der Waals surface area contributed by atoms with Crippen LogP contribution in [0.4, 0.5) is 0 Å². The molecule has 0 aromatic heterocycles. The first-order valence-electron chi connectivity index (χ1n) is 6.91. The van der Waals surface area contributed by atoms with E-state index in [9.17, 15) is 0 Å². The van der Waals surface area contributed by atoms with E-state index in [-0.39, 0.29) is 0 Å². The first kappa shape index (κ1) is 17.1. The van der Waals surface area contributed by atoms with E-state index in [1.807, 2.05) is 0 Å². The second-order valence-electron chi connectivity index (χ2n) is 4.37. The average Bonchev–Trinajstić information content (AvgIpc) is 3.16.